The van der Waals surface area contributed by atoms with Crippen LogP contribution in [0.4, 0.5) is 18.9 Å². The molecule has 1 amide bonds. The molecule has 0 heterocycles. The second-order valence-corrected chi connectivity index (χ2v) is 8.48. The van der Waals surface area contributed by atoms with Crippen molar-refractivity contribution in [1.82, 2.24) is 0 Å². The normalized spacial score (nSPS) is 12.3. The zero-order valence-electron chi connectivity index (χ0n) is 17.7. The third kappa shape index (κ3) is 8.98. The van der Waals surface area contributed by atoms with Crippen LogP contribution in [0.1, 0.15) is 79.6 Å². The number of benzene rings is 1. The molecule has 1 rings (SSSR count). The Morgan fingerprint density at radius 1 is 1.07 bits per heavy atom. The Kier molecular flexibility index (Phi) is 9.31. The van der Waals surface area contributed by atoms with Crippen molar-refractivity contribution in [3.63, 3.8) is 0 Å². The van der Waals surface area contributed by atoms with Crippen molar-refractivity contribution >= 4 is 11.6 Å². The molecule has 0 aromatic heterocycles. The van der Waals surface area contributed by atoms with Crippen LogP contribution in [-0.2, 0) is 4.79 Å². The number of unbranched alkanes of at least 4 members (excludes halogenated alkanes) is 2. The molecule has 0 radical (unpaired) electrons. The number of carbonyl (C=O) groups is 1. The van der Waals surface area contributed by atoms with Crippen molar-refractivity contribution in [2.45, 2.75) is 92.0 Å². The Labute approximate surface area is 167 Å². The van der Waals surface area contributed by atoms with Gasteiger partial charge in [-0.2, -0.15) is 0 Å². The van der Waals surface area contributed by atoms with Crippen molar-refractivity contribution in [3.8, 4) is 5.75 Å². The summed E-state index contributed by atoms with van der Waals surface area (Å²) in [4.78, 5) is 14.9. The fourth-order valence-electron chi connectivity index (χ4n) is 3.21. The summed E-state index contributed by atoms with van der Waals surface area (Å²) < 4.78 is 42.0. The molecule has 0 aliphatic rings. The van der Waals surface area contributed by atoms with Gasteiger partial charge in [0.1, 0.15) is 5.75 Å². The highest BCUT2D eigenvalue weighted by Gasteiger charge is 2.32. The Bertz CT molecular complexity index is 601. The number of anilines is 1. The van der Waals surface area contributed by atoms with E-state index in [0.717, 1.165) is 38.5 Å². The van der Waals surface area contributed by atoms with Gasteiger partial charge in [-0.15, -0.1) is 13.2 Å². The Morgan fingerprint density at radius 2 is 1.64 bits per heavy atom. The maximum atomic E-state index is 13.2. The highest BCUT2D eigenvalue weighted by molar-refractivity contribution is 5.94. The number of nitrogens with zero attached hydrogens (tertiary/aromatic N) is 1. The maximum absolute atomic E-state index is 13.2. The minimum atomic E-state index is -4.76. The summed E-state index contributed by atoms with van der Waals surface area (Å²) in [6, 6.07) is 5.74. The molecule has 0 aliphatic heterocycles. The zero-order valence-corrected chi connectivity index (χ0v) is 17.7. The van der Waals surface area contributed by atoms with E-state index >= 15 is 0 Å². The second kappa shape index (κ2) is 10.7. The minimum Gasteiger partial charge on any atom is -0.406 e. The van der Waals surface area contributed by atoms with E-state index < -0.39 is 6.36 Å². The Hall–Kier alpha value is -1.72. The molecule has 28 heavy (non-hydrogen) atoms. The lowest BCUT2D eigenvalue weighted by molar-refractivity contribution is -0.274. The monoisotopic (exact) mass is 401 g/mol. The van der Waals surface area contributed by atoms with Crippen molar-refractivity contribution in [2.24, 2.45) is 5.41 Å². The first-order valence-corrected chi connectivity index (χ1v) is 10.1. The van der Waals surface area contributed by atoms with Gasteiger partial charge in [0.05, 0.1) is 0 Å². The van der Waals surface area contributed by atoms with Crippen LogP contribution in [0.3, 0.4) is 0 Å². The summed E-state index contributed by atoms with van der Waals surface area (Å²) in [5.41, 5.74) is 0.253. The quantitative estimate of drug-likeness (QED) is 0.418. The molecule has 6 heteroatoms. The molecule has 0 unspecified atom stereocenters. The lowest BCUT2D eigenvalue weighted by Gasteiger charge is -2.34. The Morgan fingerprint density at radius 3 is 2.11 bits per heavy atom. The summed E-state index contributed by atoms with van der Waals surface area (Å²) in [6.07, 6.45) is 1.16. The summed E-state index contributed by atoms with van der Waals surface area (Å²) in [7, 11) is 0. The predicted molar refractivity (Wildman–Crippen MR) is 108 cm³/mol. The van der Waals surface area contributed by atoms with E-state index in [2.05, 4.69) is 18.6 Å². The van der Waals surface area contributed by atoms with Gasteiger partial charge in [-0.1, -0.05) is 66.4 Å². The molecule has 0 atom stereocenters. The van der Waals surface area contributed by atoms with Crippen LogP contribution in [-0.4, -0.2) is 18.3 Å². The number of hydrogen-bond donors (Lipinski definition) is 0. The number of amides is 1. The number of carbonyl (C=O) groups excluding carboxylic acids is 1. The highest BCUT2D eigenvalue weighted by atomic mass is 19.4. The van der Waals surface area contributed by atoms with Crippen LogP contribution in [0.15, 0.2) is 24.3 Å². The first kappa shape index (κ1) is 24.3. The highest BCUT2D eigenvalue weighted by Crippen LogP contribution is 2.32. The molecule has 0 bridgehead atoms. The SMILES string of the molecule is CCCCC(CCCC)N(C(=O)CC(C)(C)C)c1cccc(OC(F)(F)F)c1. The van der Waals surface area contributed by atoms with Gasteiger partial charge in [-0.05, 0) is 30.4 Å². The third-order valence-electron chi connectivity index (χ3n) is 4.43. The van der Waals surface area contributed by atoms with E-state index in [1.165, 1.54) is 18.2 Å². The summed E-state index contributed by atoms with van der Waals surface area (Å²) in [5, 5.41) is 0. The van der Waals surface area contributed by atoms with Crippen molar-refractivity contribution in [3.05, 3.63) is 24.3 Å². The van der Waals surface area contributed by atoms with Gasteiger partial charge < -0.3 is 9.64 Å². The summed E-state index contributed by atoms with van der Waals surface area (Å²) >= 11 is 0. The van der Waals surface area contributed by atoms with Crippen LogP contribution in [0.25, 0.3) is 0 Å². The molecule has 1 aromatic carbocycles. The van der Waals surface area contributed by atoms with E-state index in [4.69, 9.17) is 0 Å². The molecule has 0 aliphatic carbocycles. The van der Waals surface area contributed by atoms with Gasteiger partial charge >= 0.3 is 6.36 Å². The van der Waals surface area contributed by atoms with E-state index in [1.54, 1.807) is 11.0 Å². The average molecular weight is 402 g/mol. The van der Waals surface area contributed by atoms with Gasteiger partial charge in [-0.3, -0.25) is 4.79 Å². The first-order chi connectivity index (χ1) is 13.0. The third-order valence-corrected chi connectivity index (χ3v) is 4.43. The van der Waals surface area contributed by atoms with E-state index in [9.17, 15) is 18.0 Å². The lowest BCUT2D eigenvalue weighted by atomic mass is 9.90. The Balaban J connectivity index is 3.27. The molecule has 0 fully saturated rings. The zero-order chi connectivity index (χ0) is 21.4. The fourth-order valence-corrected chi connectivity index (χ4v) is 3.21. The standard InChI is InChI=1S/C22H34F3NO2/c1-6-8-11-17(12-9-7-2)26(20(27)16-21(3,4)5)18-13-10-14-19(15-18)28-22(23,24)25/h10,13-15,17H,6-9,11-12,16H2,1-5H3. The number of rotatable bonds is 10. The van der Waals surface area contributed by atoms with Gasteiger partial charge in [0.2, 0.25) is 5.91 Å². The molecule has 0 saturated heterocycles. The smallest absolute Gasteiger partial charge is 0.406 e. The molecule has 160 valence electrons. The van der Waals surface area contributed by atoms with Gasteiger partial charge in [-0.25, -0.2) is 0 Å². The number of alkyl halides is 3. The number of halogens is 3. The number of ether oxygens (including phenoxy) is 1. The van der Waals surface area contributed by atoms with Gasteiger partial charge in [0.25, 0.3) is 0 Å². The molecular formula is C22H34F3NO2. The minimum absolute atomic E-state index is 0.0316. The van der Waals surface area contributed by atoms with Crippen molar-refractivity contribution < 1.29 is 22.7 Å². The average Bonchev–Trinajstić information content (AvgIpc) is 2.54. The summed E-state index contributed by atoms with van der Waals surface area (Å²) in [6.45, 7) is 10.1. The van der Waals surface area contributed by atoms with Gasteiger partial charge in [0, 0.05) is 24.2 Å². The summed E-state index contributed by atoms with van der Waals surface area (Å²) in [5.74, 6) is -0.364. The van der Waals surface area contributed by atoms with E-state index in [-0.39, 0.29) is 23.1 Å². The van der Waals surface area contributed by atoms with Crippen molar-refractivity contribution in [2.75, 3.05) is 4.90 Å². The first-order valence-electron chi connectivity index (χ1n) is 10.1. The van der Waals surface area contributed by atoms with Crippen LogP contribution in [0, 0.1) is 5.41 Å². The molecule has 0 spiro atoms. The fraction of sp³-hybridized carbons (Fsp3) is 0.682. The molecule has 1 aromatic rings. The maximum Gasteiger partial charge on any atom is 0.573 e. The molecular weight excluding hydrogens is 367 g/mol. The van der Waals surface area contributed by atoms with Crippen LogP contribution in [0.2, 0.25) is 0 Å². The van der Waals surface area contributed by atoms with Crippen LogP contribution < -0.4 is 9.64 Å². The molecule has 0 N–H and O–H groups in total. The van der Waals surface area contributed by atoms with Crippen LogP contribution >= 0.6 is 0 Å². The van der Waals surface area contributed by atoms with E-state index in [1.807, 2.05) is 20.8 Å². The van der Waals surface area contributed by atoms with E-state index in [0.29, 0.717) is 12.1 Å². The lowest BCUT2D eigenvalue weighted by Crippen LogP contribution is -2.42. The largest absolute Gasteiger partial charge is 0.573 e. The molecule has 3 nitrogen and oxygen atoms in total. The number of hydrogen-bond acceptors (Lipinski definition) is 2. The second-order valence-electron chi connectivity index (χ2n) is 8.48. The molecule has 0 saturated carbocycles. The topological polar surface area (TPSA) is 29.5 Å². The van der Waals surface area contributed by atoms with Crippen molar-refractivity contribution in [1.29, 1.82) is 0 Å². The van der Waals surface area contributed by atoms with Gasteiger partial charge in [0.15, 0.2) is 0 Å². The predicted octanol–water partition coefficient (Wildman–Crippen LogP) is 7.10. The van der Waals surface area contributed by atoms with Crippen LogP contribution in [0.5, 0.6) is 5.75 Å².